The van der Waals surface area contributed by atoms with Gasteiger partial charge in [-0.3, -0.25) is 29.0 Å². The van der Waals surface area contributed by atoms with Crippen LogP contribution in [0.5, 0.6) is 0 Å². The maximum Gasteiger partial charge on any atom is 0.341 e. The van der Waals surface area contributed by atoms with Gasteiger partial charge < -0.3 is 57.3 Å². The summed E-state index contributed by atoms with van der Waals surface area (Å²) in [5, 5.41) is 25.3. The Kier molecular flexibility index (Phi) is 12.1. The number of hydrogen-bond donors (Lipinski definition) is 2. The van der Waals surface area contributed by atoms with E-state index in [-0.39, 0.29) is 23.2 Å². The molecule has 2 aromatic rings. The first-order valence-electron chi connectivity index (χ1n) is 19.5. The van der Waals surface area contributed by atoms with Gasteiger partial charge in [-0.15, -0.1) is 0 Å². The van der Waals surface area contributed by atoms with Crippen LogP contribution in [-0.4, -0.2) is 135 Å². The first-order chi connectivity index (χ1) is 28.9. The molecule has 21 heteroatoms. The van der Waals surface area contributed by atoms with E-state index in [1.165, 1.54) is 31.3 Å². The van der Waals surface area contributed by atoms with E-state index < -0.39 is 138 Å². The minimum Gasteiger partial charge on any atom is -0.472 e. The Morgan fingerprint density at radius 3 is 2.00 bits per heavy atom. The van der Waals surface area contributed by atoms with Gasteiger partial charge >= 0.3 is 47.8 Å². The number of carbonyl (C=O) groups is 8. The second-order valence-corrected chi connectivity index (χ2v) is 16.4. The number of furan rings is 1. The molecule has 0 aromatic carbocycles. The number of rotatable bonds is 8. The number of aliphatic hydroxyl groups is 2. The normalized spacial score (nSPS) is 36.3. The fourth-order valence-electron chi connectivity index (χ4n) is 9.53. The highest BCUT2D eigenvalue weighted by atomic mass is 16.7. The van der Waals surface area contributed by atoms with Crippen molar-refractivity contribution in [3.05, 3.63) is 53.7 Å². The molecule has 336 valence electrons. The van der Waals surface area contributed by atoms with E-state index in [0.717, 1.165) is 61.0 Å². The fraction of sp³-hybridized carbons (Fsp3) is 0.585. The van der Waals surface area contributed by atoms with Gasteiger partial charge in [0.25, 0.3) is 0 Å². The number of ether oxygens (including phenoxy) is 9. The fourth-order valence-corrected chi connectivity index (χ4v) is 9.53. The third-order valence-corrected chi connectivity index (χ3v) is 11.9. The van der Waals surface area contributed by atoms with Crippen LogP contribution < -0.4 is 0 Å². The van der Waals surface area contributed by atoms with Crippen molar-refractivity contribution in [2.45, 2.75) is 127 Å². The van der Waals surface area contributed by atoms with E-state index in [1.807, 2.05) is 0 Å². The highest BCUT2D eigenvalue weighted by Crippen LogP contribution is 2.70. The standard InChI is InChI=1S/C41H47NO20/c1-19(43)54-18-40-32(58-22(4)46)28(56-20(2)44)27-30(57-21(3)45)41(40)39(8,52)31(29(33(40)59-23(5)47)60-34(48)24-12-15-53-16-24)61-36(50)37(6,51)13-11-26-25(10-9-14-42-26)35(49)55-17-38(27,7)62-41/h9-10,12,14-16,27-33,51-52H,11,13,17-18H2,1-8H3/t27-,28-,29+,30-,31+,32-,33+,37-,38-,39-,40-,41+/m1/s1. The molecule has 12 atom stereocenters. The molecule has 0 radical (unpaired) electrons. The zero-order chi connectivity index (χ0) is 45.7. The Hall–Kier alpha value is -5.93. The summed E-state index contributed by atoms with van der Waals surface area (Å²) in [6.07, 6.45) is -10.1. The lowest BCUT2D eigenvalue weighted by Crippen LogP contribution is -2.89. The summed E-state index contributed by atoms with van der Waals surface area (Å²) in [6.45, 7) is 6.25. The molecule has 4 aliphatic rings. The average Bonchev–Trinajstić information content (AvgIpc) is 3.79. The monoisotopic (exact) mass is 873 g/mol. The van der Waals surface area contributed by atoms with Crippen molar-refractivity contribution in [1.82, 2.24) is 4.98 Å². The molecule has 0 unspecified atom stereocenters. The van der Waals surface area contributed by atoms with Gasteiger partial charge in [0.05, 0.1) is 29.0 Å². The maximum absolute atomic E-state index is 14.4. The van der Waals surface area contributed by atoms with Gasteiger partial charge in [-0.1, -0.05) is 0 Å². The molecular weight excluding hydrogens is 826 g/mol. The molecule has 2 aromatic heterocycles. The lowest BCUT2D eigenvalue weighted by Gasteiger charge is -2.67. The highest BCUT2D eigenvalue weighted by Gasteiger charge is 2.92. The van der Waals surface area contributed by atoms with Crippen molar-refractivity contribution in [1.29, 1.82) is 0 Å². The topological polar surface area (TPSA) is 286 Å². The zero-order valence-corrected chi connectivity index (χ0v) is 35.0. The molecule has 6 rings (SSSR count). The third-order valence-electron chi connectivity index (χ3n) is 11.9. The molecule has 21 nitrogen and oxygen atoms in total. The molecule has 2 saturated carbocycles. The smallest absolute Gasteiger partial charge is 0.341 e. The summed E-state index contributed by atoms with van der Waals surface area (Å²) in [4.78, 5) is 113. The van der Waals surface area contributed by atoms with E-state index in [4.69, 9.17) is 47.0 Å². The number of aryl methyl sites for hydroxylation is 1. The number of carbonyl (C=O) groups excluding carboxylic acids is 8. The van der Waals surface area contributed by atoms with E-state index in [0.29, 0.717) is 0 Å². The van der Waals surface area contributed by atoms with Crippen molar-refractivity contribution in [2.24, 2.45) is 11.3 Å². The van der Waals surface area contributed by atoms with Crippen LogP contribution in [0.15, 0.2) is 41.3 Å². The molecule has 4 bridgehead atoms. The van der Waals surface area contributed by atoms with Crippen molar-refractivity contribution in [3.63, 3.8) is 0 Å². The summed E-state index contributed by atoms with van der Waals surface area (Å²) in [6, 6.07) is 3.99. The van der Waals surface area contributed by atoms with Gasteiger partial charge in [0.1, 0.15) is 48.3 Å². The largest absolute Gasteiger partial charge is 0.472 e. The molecule has 0 amide bonds. The van der Waals surface area contributed by atoms with Gasteiger partial charge in [0, 0.05) is 40.8 Å². The van der Waals surface area contributed by atoms with Crippen LogP contribution in [0.3, 0.4) is 0 Å². The van der Waals surface area contributed by atoms with Gasteiger partial charge in [-0.05, 0) is 51.8 Å². The van der Waals surface area contributed by atoms with Crippen LogP contribution in [0.4, 0.5) is 0 Å². The molecule has 2 aliphatic heterocycles. The van der Waals surface area contributed by atoms with Crippen LogP contribution in [0.2, 0.25) is 0 Å². The van der Waals surface area contributed by atoms with Crippen molar-refractivity contribution < 1.29 is 95.6 Å². The minimum atomic E-state index is -3.00. The number of hydrogen-bond acceptors (Lipinski definition) is 21. The molecule has 1 saturated heterocycles. The molecule has 62 heavy (non-hydrogen) atoms. The van der Waals surface area contributed by atoms with E-state index >= 15 is 0 Å². The van der Waals surface area contributed by atoms with Gasteiger partial charge in [0.2, 0.25) is 0 Å². The first kappa shape index (κ1) is 45.6. The minimum absolute atomic E-state index is 0.0776. The van der Waals surface area contributed by atoms with E-state index in [9.17, 15) is 48.6 Å². The predicted molar refractivity (Wildman–Crippen MR) is 199 cm³/mol. The maximum atomic E-state index is 14.4. The summed E-state index contributed by atoms with van der Waals surface area (Å²) in [5.41, 5.74) is -13.5. The van der Waals surface area contributed by atoms with E-state index in [1.54, 1.807) is 0 Å². The van der Waals surface area contributed by atoms with Crippen molar-refractivity contribution in [2.75, 3.05) is 13.2 Å². The number of cyclic esters (lactones) is 1. The molecule has 3 fully saturated rings. The lowest BCUT2D eigenvalue weighted by molar-refractivity contribution is -0.386. The highest BCUT2D eigenvalue weighted by molar-refractivity contribution is 5.91. The van der Waals surface area contributed by atoms with Crippen molar-refractivity contribution >= 4 is 47.8 Å². The second kappa shape index (κ2) is 16.4. The van der Waals surface area contributed by atoms with Crippen LogP contribution in [0, 0.1) is 11.3 Å². The number of fused-ring (bicyclic) bond motifs is 5. The zero-order valence-electron chi connectivity index (χ0n) is 35.0. The average molecular weight is 874 g/mol. The summed E-state index contributed by atoms with van der Waals surface area (Å²) in [5.74, 6) is -10.7. The Labute approximate surface area is 353 Å². The van der Waals surface area contributed by atoms with Crippen LogP contribution in [0.25, 0.3) is 0 Å². The number of aromatic nitrogens is 1. The Morgan fingerprint density at radius 2 is 1.42 bits per heavy atom. The van der Waals surface area contributed by atoms with Gasteiger partial charge in [-0.25, -0.2) is 14.4 Å². The third kappa shape index (κ3) is 7.54. The quantitative estimate of drug-likeness (QED) is 0.275. The SMILES string of the molecule is CC(=O)OC[C@]12[C@H](OC(C)=O)[C@H](OC(C)=O)[C@@H]3[C@@H](OC(C)=O)[C@@]14O[C@]3(C)COC(=O)c1cccnc1CC[C@@](C)(O)C(=O)O[C@@H]([C@H](OC(=O)c1ccoc1)[C@@H]2OC(C)=O)[C@@]4(C)O. The van der Waals surface area contributed by atoms with Gasteiger partial charge in [-0.2, -0.15) is 0 Å². The van der Waals surface area contributed by atoms with Crippen LogP contribution >= 0.6 is 0 Å². The van der Waals surface area contributed by atoms with Crippen LogP contribution in [-0.2, 0) is 77.8 Å². The number of nitrogens with zero attached hydrogens (tertiary/aromatic N) is 1. The summed E-state index contributed by atoms with van der Waals surface area (Å²) in [7, 11) is 0. The summed E-state index contributed by atoms with van der Waals surface area (Å²) < 4.78 is 59.6. The second-order valence-electron chi connectivity index (χ2n) is 16.4. The molecular formula is C41H47NO20. The molecule has 1 spiro atoms. The lowest BCUT2D eigenvalue weighted by atomic mass is 9.45. The van der Waals surface area contributed by atoms with E-state index in [2.05, 4.69) is 4.98 Å². The Bertz CT molecular complexity index is 2150. The molecule has 4 heterocycles. The van der Waals surface area contributed by atoms with Crippen molar-refractivity contribution in [3.8, 4) is 0 Å². The summed E-state index contributed by atoms with van der Waals surface area (Å²) >= 11 is 0. The Morgan fingerprint density at radius 1 is 0.806 bits per heavy atom. The molecule has 2 N–H and O–H groups in total. The predicted octanol–water partition coefficient (Wildman–Crippen LogP) is 0.864. The molecule has 2 aliphatic carbocycles. The Balaban J connectivity index is 1.79. The number of pyridine rings is 1. The van der Waals surface area contributed by atoms with Gasteiger partial charge in [0.15, 0.2) is 35.6 Å². The first-order valence-corrected chi connectivity index (χ1v) is 19.5. The number of esters is 8. The van der Waals surface area contributed by atoms with Crippen LogP contribution in [0.1, 0.15) is 88.2 Å².